The number of nitrogen functional groups attached to an aromatic ring is 1. The summed E-state index contributed by atoms with van der Waals surface area (Å²) in [6, 6.07) is 3.44. The molecule has 0 unspecified atom stereocenters. The molecule has 126 valence electrons. The van der Waals surface area contributed by atoms with Gasteiger partial charge in [0.15, 0.2) is 0 Å². The molecule has 0 aliphatic heterocycles. The third-order valence-electron chi connectivity index (χ3n) is 3.93. The summed E-state index contributed by atoms with van der Waals surface area (Å²) in [6.07, 6.45) is 4.43. The van der Waals surface area contributed by atoms with Crippen molar-refractivity contribution in [1.29, 1.82) is 0 Å². The number of anilines is 1. The van der Waals surface area contributed by atoms with Gasteiger partial charge in [-0.05, 0) is 19.1 Å². The molecule has 0 aliphatic carbocycles. The van der Waals surface area contributed by atoms with Crippen molar-refractivity contribution in [2.75, 3.05) is 5.73 Å². The Hall–Kier alpha value is -3.36. The molecule has 7 nitrogen and oxygen atoms in total. The predicted molar refractivity (Wildman–Crippen MR) is 87.9 cm³/mol. The summed E-state index contributed by atoms with van der Waals surface area (Å²) in [5.41, 5.74) is 7.79. The fourth-order valence-electron chi connectivity index (χ4n) is 2.85. The number of rotatable bonds is 3. The molecule has 0 spiro atoms. The molecule has 0 bridgehead atoms. The van der Waals surface area contributed by atoms with Crippen molar-refractivity contribution in [3.8, 4) is 17.1 Å². The number of hydrogen-bond acceptors (Lipinski definition) is 5. The maximum atomic E-state index is 14.3. The lowest BCUT2D eigenvalue weighted by molar-refractivity contribution is 0.585. The minimum absolute atomic E-state index is 0.187. The molecule has 3 heterocycles. The van der Waals surface area contributed by atoms with Gasteiger partial charge in [0.1, 0.15) is 23.5 Å². The van der Waals surface area contributed by atoms with E-state index in [1.54, 1.807) is 6.20 Å². The van der Waals surface area contributed by atoms with Gasteiger partial charge in [-0.25, -0.2) is 13.8 Å². The highest BCUT2D eigenvalue weighted by atomic mass is 19.1. The van der Waals surface area contributed by atoms with Gasteiger partial charge >= 0.3 is 0 Å². The van der Waals surface area contributed by atoms with Crippen LogP contribution in [-0.4, -0.2) is 29.3 Å². The van der Waals surface area contributed by atoms with Gasteiger partial charge in [-0.1, -0.05) is 0 Å². The van der Waals surface area contributed by atoms with Crippen LogP contribution in [0, 0.1) is 11.6 Å². The fourth-order valence-corrected chi connectivity index (χ4v) is 2.85. The summed E-state index contributed by atoms with van der Waals surface area (Å²) in [5, 5.41) is 4.07. The number of imidazole rings is 1. The van der Waals surface area contributed by atoms with E-state index in [9.17, 15) is 8.78 Å². The minimum atomic E-state index is -0.667. The Morgan fingerprint density at radius 1 is 1.16 bits per heavy atom. The number of aryl methyl sites for hydroxylation is 1. The number of fused-ring (bicyclic) bond motifs is 1. The molecule has 0 saturated heterocycles. The van der Waals surface area contributed by atoms with Crippen molar-refractivity contribution in [3.05, 3.63) is 48.6 Å². The molecule has 0 radical (unpaired) electrons. The van der Waals surface area contributed by atoms with Gasteiger partial charge in [0, 0.05) is 29.9 Å². The van der Waals surface area contributed by atoms with E-state index in [0.29, 0.717) is 29.1 Å². The third-order valence-corrected chi connectivity index (χ3v) is 3.93. The van der Waals surface area contributed by atoms with Gasteiger partial charge in [0.25, 0.3) is 0 Å². The molecule has 0 saturated carbocycles. The number of nitrogens with zero attached hydrogens (tertiary/aromatic N) is 6. The fraction of sp³-hybridized carbons (Fsp3) is 0.125. The highest BCUT2D eigenvalue weighted by molar-refractivity contribution is 5.92. The number of halogens is 2. The number of hydrogen-bond donors (Lipinski definition) is 1. The summed E-state index contributed by atoms with van der Waals surface area (Å²) in [6.45, 7) is 2.45. The zero-order valence-corrected chi connectivity index (χ0v) is 13.2. The second kappa shape index (κ2) is 5.62. The monoisotopic (exact) mass is 341 g/mol. The van der Waals surface area contributed by atoms with E-state index in [4.69, 9.17) is 5.73 Å². The van der Waals surface area contributed by atoms with Crippen molar-refractivity contribution in [1.82, 2.24) is 29.3 Å². The van der Waals surface area contributed by atoms with E-state index < -0.39 is 11.6 Å². The minimum Gasteiger partial charge on any atom is -0.368 e. The summed E-state index contributed by atoms with van der Waals surface area (Å²) < 4.78 is 30.8. The van der Waals surface area contributed by atoms with Crippen molar-refractivity contribution in [2.45, 2.75) is 13.5 Å². The van der Waals surface area contributed by atoms with E-state index in [-0.39, 0.29) is 11.5 Å². The molecular formula is C16H13F2N7. The topological polar surface area (TPSA) is 87.4 Å². The van der Waals surface area contributed by atoms with Crippen LogP contribution in [0.3, 0.4) is 0 Å². The predicted octanol–water partition coefficient (Wildman–Crippen LogP) is 2.56. The smallest absolute Gasteiger partial charge is 0.235 e. The largest absolute Gasteiger partial charge is 0.368 e. The van der Waals surface area contributed by atoms with Crippen LogP contribution >= 0.6 is 0 Å². The standard InChI is InChI=1S/C16H13F2N7/c1-2-24-14-11(10-4-3-9(17)5-12(10)18)6-20-7-13(14)23-16(24)25-15(19)21-8-22-25/h3-8H,2H2,1H3,(H2,19,21,22). The van der Waals surface area contributed by atoms with Gasteiger partial charge in [-0.15, -0.1) is 0 Å². The van der Waals surface area contributed by atoms with Crippen LogP contribution in [0.2, 0.25) is 0 Å². The van der Waals surface area contributed by atoms with Crippen LogP contribution in [0.1, 0.15) is 6.92 Å². The average molecular weight is 341 g/mol. The highest BCUT2D eigenvalue weighted by Gasteiger charge is 2.19. The molecule has 0 atom stereocenters. The Morgan fingerprint density at radius 3 is 2.68 bits per heavy atom. The zero-order chi connectivity index (χ0) is 17.6. The summed E-state index contributed by atoms with van der Waals surface area (Å²) >= 11 is 0. The van der Waals surface area contributed by atoms with Gasteiger partial charge in [0.05, 0.1) is 11.7 Å². The highest BCUT2D eigenvalue weighted by Crippen LogP contribution is 2.31. The number of nitrogens with two attached hydrogens (primary N) is 1. The van der Waals surface area contributed by atoms with Crippen LogP contribution in [0.25, 0.3) is 28.1 Å². The molecule has 0 aliphatic rings. The van der Waals surface area contributed by atoms with Gasteiger partial charge < -0.3 is 10.3 Å². The quantitative estimate of drug-likeness (QED) is 0.619. The first kappa shape index (κ1) is 15.2. The Labute approximate surface area is 140 Å². The first-order valence-corrected chi connectivity index (χ1v) is 7.55. The molecule has 0 fully saturated rings. The van der Waals surface area contributed by atoms with Crippen LogP contribution < -0.4 is 5.73 Å². The van der Waals surface area contributed by atoms with Crippen molar-refractivity contribution >= 4 is 17.0 Å². The van der Waals surface area contributed by atoms with Gasteiger partial charge in [0.2, 0.25) is 11.9 Å². The van der Waals surface area contributed by atoms with E-state index in [1.807, 2.05) is 11.5 Å². The number of pyridine rings is 1. The second-order valence-corrected chi connectivity index (χ2v) is 5.37. The van der Waals surface area contributed by atoms with Crippen LogP contribution in [0.5, 0.6) is 0 Å². The number of aromatic nitrogens is 6. The zero-order valence-electron chi connectivity index (χ0n) is 13.2. The summed E-state index contributed by atoms with van der Waals surface area (Å²) in [4.78, 5) is 12.5. The van der Waals surface area contributed by atoms with Crippen molar-refractivity contribution < 1.29 is 8.78 Å². The first-order chi connectivity index (χ1) is 12.1. The Morgan fingerprint density at radius 2 is 2.00 bits per heavy atom. The molecule has 3 aromatic heterocycles. The van der Waals surface area contributed by atoms with E-state index in [1.165, 1.54) is 29.3 Å². The molecule has 4 rings (SSSR count). The molecule has 2 N–H and O–H groups in total. The van der Waals surface area contributed by atoms with Crippen LogP contribution in [0.4, 0.5) is 14.7 Å². The molecule has 1 aromatic carbocycles. The lowest BCUT2D eigenvalue weighted by Crippen LogP contribution is -2.10. The summed E-state index contributed by atoms with van der Waals surface area (Å²) in [7, 11) is 0. The Kier molecular flexibility index (Phi) is 3.41. The van der Waals surface area contributed by atoms with Crippen LogP contribution in [-0.2, 0) is 6.54 Å². The Bertz CT molecular complexity index is 1080. The molecule has 25 heavy (non-hydrogen) atoms. The maximum absolute atomic E-state index is 14.3. The average Bonchev–Trinajstić information content (AvgIpc) is 3.17. The molecule has 9 heteroatoms. The van der Waals surface area contributed by atoms with Crippen molar-refractivity contribution in [2.24, 2.45) is 0 Å². The van der Waals surface area contributed by atoms with Crippen LogP contribution in [0.15, 0.2) is 36.9 Å². The Balaban J connectivity index is 2.04. The number of benzene rings is 1. The molecule has 4 aromatic rings. The lowest BCUT2D eigenvalue weighted by atomic mass is 10.1. The first-order valence-electron chi connectivity index (χ1n) is 7.55. The molecular weight excluding hydrogens is 328 g/mol. The van der Waals surface area contributed by atoms with E-state index in [0.717, 1.165) is 6.07 Å². The SMILES string of the molecule is CCn1c(-n2ncnc2N)nc2cncc(-c3ccc(F)cc3F)c21. The normalized spacial score (nSPS) is 11.3. The second-order valence-electron chi connectivity index (χ2n) is 5.37. The lowest BCUT2D eigenvalue weighted by Gasteiger charge is -2.10. The maximum Gasteiger partial charge on any atom is 0.235 e. The van der Waals surface area contributed by atoms with Gasteiger partial charge in [-0.2, -0.15) is 14.8 Å². The van der Waals surface area contributed by atoms with E-state index in [2.05, 4.69) is 20.1 Å². The van der Waals surface area contributed by atoms with E-state index >= 15 is 0 Å². The van der Waals surface area contributed by atoms with Crippen molar-refractivity contribution in [3.63, 3.8) is 0 Å². The molecule has 0 amide bonds. The van der Waals surface area contributed by atoms with Gasteiger partial charge in [-0.3, -0.25) is 4.98 Å². The third kappa shape index (κ3) is 2.32. The summed E-state index contributed by atoms with van der Waals surface area (Å²) in [5.74, 6) is -0.668.